The number of rotatable bonds is 1. The zero-order chi connectivity index (χ0) is 5.56. The Balaban J connectivity index is 1.94. The highest BCUT2D eigenvalue weighted by molar-refractivity contribution is 5.03. The smallest absolute Gasteiger partial charge is 0.0465 e. The number of aliphatic hydroxyl groups excluding tert-OH is 1. The van der Waals surface area contributed by atoms with Crippen LogP contribution in [0, 0.1) is 17.8 Å². The summed E-state index contributed by atoms with van der Waals surface area (Å²) in [5.41, 5.74) is 0. The molecule has 1 saturated carbocycles. The van der Waals surface area contributed by atoms with Crippen molar-refractivity contribution < 1.29 is 5.11 Å². The molecule has 1 aliphatic carbocycles. The summed E-state index contributed by atoms with van der Waals surface area (Å²) < 4.78 is 0. The van der Waals surface area contributed by atoms with Crippen molar-refractivity contribution in [1.29, 1.82) is 0 Å². The molecule has 0 aromatic carbocycles. The van der Waals surface area contributed by atoms with Gasteiger partial charge in [0.05, 0.1) is 0 Å². The summed E-state index contributed by atoms with van der Waals surface area (Å²) in [5, 5.41) is 12.0. The van der Waals surface area contributed by atoms with E-state index in [2.05, 4.69) is 5.32 Å². The van der Waals surface area contributed by atoms with Crippen LogP contribution in [0.5, 0.6) is 0 Å². The van der Waals surface area contributed by atoms with E-state index >= 15 is 0 Å². The number of nitrogens with one attached hydrogen (secondary N) is 1. The largest absolute Gasteiger partial charge is 0.396 e. The average Bonchev–Trinajstić information content (AvgIpc) is 2.22. The van der Waals surface area contributed by atoms with E-state index in [0.717, 1.165) is 24.9 Å². The molecular formula is C6H11NO. The minimum atomic E-state index is 0.414. The van der Waals surface area contributed by atoms with Crippen LogP contribution >= 0.6 is 0 Å². The topological polar surface area (TPSA) is 32.3 Å². The first-order valence-electron chi connectivity index (χ1n) is 3.25. The van der Waals surface area contributed by atoms with Gasteiger partial charge in [-0.15, -0.1) is 0 Å². The molecule has 2 rings (SSSR count). The molecule has 2 unspecified atom stereocenters. The number of hydrogen-bond acceptors (Lipinski definition) is 2. The van der Waals surface area contributed by atoms with Crippen LogP contribution in [0.2, 0.25) is 0 Å². The van der Waals surface area contributed by atoms with Gasteiger partial charge >= 0.3 is 0 Å². The second-order valence-corrected chi connectivity index (χ2v) is 2.83. The zero-order valence-electron chi connectivity index (χ0n) is 4.80. The molecule has 2 N–H and O–H groups in total. The van der Waals surface area contributed by atoms with Crippen molar-refractivity contribution in [2.75, 3.05) is 19.7 Å². The molecule has 0 radical (unpaired) electrons. The molecule has 1 aliphatic heterocycles. The molecule has 2 aliphatic rings. The van der Waals surface area contributed by atoms with E-state index in [-0.39, 0.29) is 0 Å². The summed E-state index contributed by atoms with van der Waals surface area (Å²) in [6, 6.07) is 0. The molecule has 0 amide bonds. The van der Waals surface area contributed by atoms with E-state index in [1.807, 2.05) is 0 Å². The normalized spacial score (nSPS) is 51.4. The fourth-order valence-electron chi connectivity index (χ4n) is 1.82. The predicted molar refractivity (Wildman–Crippen MR) is 30.4 cm³/mol. The maximum absolute atomic E-state index is 8.68. The van der Waals surface area contributed by atoms with E-state index in [0.29, 0.717) is 12.5 Å². The molecule has 0 spiro atoms. The third-order valence-corrected chi connectivity index (χ3v) is 2.48. The number of hydrogen-bond donors (Lipinski definition) is 2. The lowest BCUT2D eigenvalue weighted by Crippen LogP contribution is -2.15. The van der Waals surface area contributed by atoms with E-state index in [1.54, 1.807) is 0 Å². The predicted octanol–water partition coefficient (Wildman–Crippen LogP) is -0.556. The van der Waals surface area contributed by atoms with E-state index in [4.69, 9.17) is 5.11 Å². The second-order valence-electron chi connectivity index (χ2n) is 2.83. The molecule has 0 aromatic heterocycles. The van der Waals surface area contributed by atoms with Crippen molar-refractivity contribution in [3.8, 4) is 0 Å². The van der Waals surface area contributed by atoms with Crippen molar-refractivity contribution in [1.82, 2.24) is 5.32 Å². The van der Waals surface area contributed by atoms with Gasteiger partial charge in [0.25, 0.3) is 0 Å². The summed E-state index contributed by atoms with van der Waals surface area (Å²) in [4.78, 5) is 0. The van der Waals surface area contributed by atoms with Gasteiger partial charge in [0.2, 0.25) is 0 Å². The lowest BCUT2D eigenvalue weighted by Gasteiger charge is -1.97. The Morgan fingerprint density at radius 2 is 2.00 bits per heavy atom. The van der Waals surface area contributed by atoms with Crippen molar-refractivity contribution in [3.05, 3.63) is 0 Å². The van der Waals surface area contributed by atoms with Gasteiger partial charge in [-0.25, -0.2) is 0 Å². The van der Waals surface area contributed by atoms with Gasteiger partial charge in [-0.3, -0.25) is 0 Å². The lowest BCUT2D eigenvalue weighted by molar-refractivity contribution is 0.258. The zero-order valence-corrected chi connectivity index (χ0v) is 4.80. The molecule has 0 aromatic rings. The van der Waals surface area contributed by atoms with Crippen LogP contribution in [0.3, 0.4) is 0 Å². The summed E-state index contributed by atoms with van der Waals surface area (Å²) in [5.74, 6) is 2.33. The molecule has 1 saturated heterocycles. The van der Waals surface area contributed by atoms with Gasteiger partial charge < -0.3 is 10.4 Å². The maximum Gasteiger partial charge on any atom is 0.0465 e. The molecule has 46 valence electrons. The van der Waals surface area contributed by atoms with E-state index < -0.39 is 0 Å². The number of fused-ring (bicyclic) bond motifs is 1. The molecule has 0 bridgehead atoms. The van der Waals surface area contributed by atoms with Gasteiger partial charge in [-0.2, -0.15) is 0 Å². The molecule has 1 heterocycles. The van der Waals surface area contributed by atoms with Crippen molar-refractivity contribution >= 4 is 0 Å². The molecule has 8 heavy (non-hydrogen) atoms. The van der Waals surface area contributed by atoms with Gasteiger partial charge in [0, 0.05) is 6.61 Å². The quantitative estimate of drug-likeness (QED) is 0.478. The van der Waals surface area contributed by atoms with Crippen LogP contribution in [-0.4, -0.2) is 24.8 Å². The first-order valence-corrected chi connectivity index (χ1v) is 3.25. The van der Waals surface area contributed by atoms with Crippen molar-refractivity contribution in [2.45, 2.75) is 0 Å². The highest BCUT2D eigenvalue weighted by atomic mass is 16.3. The Kier molecular flexibility index (Phi) is 0.866. The average molecular weight is 113 g/mol. The fourth-order valence-corrected chi connectivity index (χ4v) is 1.82. The molecule has 2 nitrogen and oxygen atoms in total. The van der Waals surface area contributed by atoms with E-state index in [9.17, 15) is 0 Å². The Bertz CT molecular complexity index is 87.9. The summed E-state index contributed by atoms with van der Waals surface area (Å²) >= 11 is 0. The summed E-state index contributed by atoms with van der Waals surface area (Å²) in [7, 11) is 0. The summed E-state index contributed by atoms with van der Waals surface area (Å²) in [6.07, 6.45) is 0. The Morgan fingerprint density at radius 3 is 2.38 bits per heavy atom. The Labute approximate surface area is 48.9 Å². The first kappa shape index (κ1) is 4.77. The fraction of sp³-hybridized carbons (Fsp3) is 1.00. The van der Waals surface area contributed by atoms with Crippen LogP contribution in [0.15, 0.2) is 0 Å². The van der Waals surface area contributed by atoms with Crippen LogP contribution in [0.25, 0.3) is 0 Å². The minimum Gasteiger partial charge on any atom is -0.396 e. The maximum atomic E-state index is 8.68. The third-order valence-electron chi connectivity index (χ3n) is 2.48. The van der Waals surface area contributed by atoms with Crippen molar-refractivity contribution in [3.63, 3.8) is 0 Å². The lowest BCUT2D eigenvalue weighted by atomic mass is 10.3. The first-order chi connectivity index (χ1) is 3.93. The van der Waals surface area contributed by atoms with Gasteiger partial charge in [0.15, 0.2) is 0 Å². The molecular weight excluding hydrogens is 102 g/mol. The SMILES string of the molecule is OCC1C2CNC[C@H]12. The van der Waals surface area contributed by atoms with Crippen LogP contribution in [0.1, 0.15) is 0 Å². The highest BCUT2D eigenvalue weighted by Crippen LogP contribution is 2.47. The summed E-state index contributed by atoms with van der Waals surface area (Å²) in [6.45, 7) is 2.71. The number of piperidine rings is 1. The second kappa shape index (κ2) is 1.45. The van der Waals surface area contributed by atoms with Crippen LogP contribution in [0.4, 0.5) is 0 Å². The standard InChI is InChI=1S/C6H11NO/c8-3-6-4-1-7-2-5(4)6/h4-8H,1-3H2/t4-,5?,6?/m0/s1. The molecule has 2 heteroatoms. The molecule has 3 atom stereocenters. The van der Waals surface area contributed by atoms with Crippen molar-refractivity contribution in [2.24, 2.45) is 17.8 Å². The Morgan fingerprint density at radius 1 is 1.38 bits per heavy atom. The van der Waals surface area contributed by atoms with Gasteiger partial charge in [-0.1, -0.05) is 0 Å². The highest BCUT2D eigenvalue weighted by Gasteiger charge is 2.51. The van der Waals surface area contributed by atoms with E-state index in [1.165, 1.54) is 0 Å². The molecule has 2 fully saturated rings. The number of aliphatic hydroxyl groups is 1. The van der Waals surface area contributed by atoms with Gasteiger partial charge in [-0.05, 0) is 30.8 Å². The Hall–Kier alpha value is -0.0800. The van der Waals surface area contributed by atoms with Gasteiger partial charge in [0.1, 0.15) is 0 Å². The van der Waals surface area contributed by atoms with Crippen LogP contribution in [-0.2, 0) is 0 Å². The van der Waals surface area contributed by atoms with Crippen LogP contribution < -0.4 is 5.32 Å². The minimum absolute atomic E-state index is 0.414. The monoisotopic (exact) mass is 113 g/mol. The third kappa shape index (κ3) is 0.446.